The monoisotopic (exact) mass is 1490 g/mol. The van der Waals surface area contributed by atoms with Crippen molar-refractivity contribution in [3.8, 4) is 0 Å². The second kappa shape index (κ2) is 63.0. The molecule has 2 aliphatic rings. The maximum atomic E-state index is 14.8. The van der Waals surface area contributed by atoms with Gasteiger partial charge in [-0.2, -0.15) is 0 Å². The molecule has 0 aromatic carbocycles. The zero-order valence-corrected chi connectivity index (χ0v) is 66.1. The van der Waals surface area contributed by atoms with Gasteiger partial charge >= 0.3 is 25.7 Å². The van der Waals surface area contributed by atoms with Crippen molar-refractivity contribution in [2.24, 2.45) is 0 Å². The van der Waals surface area contributed by atoms with Crippen molar-refractivity contribution in [3.63, 3.8) is 0 Å². The molecular formula is C80H151N2O20P. The smallest absolute Gasteiger partial charge is 0.462 e. The largest absolute Gasteiger partial charge is 0.470 e. The number of unbranched alkanes of at least 4 members (excludes halogenated alkanes) is 42. The van der Waals surface area contributed by atoms with Crippen LogP contribution in [-0.4, -0.2) is 158 Å². The summed E-state index contributed by atoms with van der Waals surface area (Å²) < 4.78 is 54.7. The number of rotatable bonds is 69. The molecule has 10 unspecified atom stereocenters. The minimum Gasteiger partial charge on any atom is -0.462 e. The van der Waals surface area contributed by atoms with E-state index in [2.05, 4.69) is 45.3 Å². The van der Waals surface area contributed by atoms with Crippen LogP contribution < -0.4 is 10.6 Å². The van der Waals surface area contributed by atoms with Crippen LogP contribution in [0.25, 0.3) is 0 Å². The van der Waals surface area contributed by atoms with Gasteiger partial charge in [0.25, 0.3) is 0 Å². The Labute approximate surface area is 622 Å². The molecule has 2 amide bonds. The van der Waals surface area contributed by atoms with E-state index in [0.29, 0.717) is 51.4 Å². The van der Waals surface area contributed by atoms with E-state index in [1.165, 1.54) is 116 Å². The van der Waals surface area contributed by atoms with Crippen LogP contribution in [0.4, 0.5) is 0 Å². The standard InChI is InChI=1S/C80H151N2O20P/c1-6-11-16-21-26-31-32-37-42-47-52-57-71(88)98-65(55-50-45-40-35-29-24-19-14-9-4)60-72(89)101-78-74(82-69(86)59-64(54-49-44-39-34-28-23-18-13-8-3)97-70(87)56-51-46-41-36-30-25-20-15-10-5)80(100-66(61-83)77(78)102-103(93,94)95)96-62-67-75(90)76(91)73(79(92)99-67)81-68(85)58-63(84)53-48-43-38-33-27-22-17-12-7-2/h63-67,73-80,83-84,90-92H,6-62H2,1-5H3,(H,81,85)(H,82,86)(H2,93,94,95)/t63-,64-,65-,66?,67?,73?,74?,75?,76?,77?,78?,79?,80?/m1/s1. The number of amides is 2. The first-order chi connectivity index (χ1) is 49.8. The molecule has 2 rings (SSSR count). The Morgan fingerprint density at radius 1 is 0.408 bits per heavy atom. The fourth-order valence-corrected chi connectivity index (χ4v) is 14.6. The molecule has 606 valence electrons. The number of aliphatic hydroxyl groups is 5. The third-order valence-corrected chi connectivity index (χ3v) is 20.9. The van der Waals surface area contributed by atoms with Crippen LogP contribution in [0, 0.1) is 0 Å². The van der Waals surface area contributed by atoms with Gasteiger partial charge in [-0.15, -0.1) is 0 Å². The molecule has 0 aliphatic carbocycles. The Bertz CT molecular complexity index is 2140. The highest BCUT2D eigenvalue weighted by atomic mass is 31.2. The van der Waals surface area contributed by atoms with Gasteiger partial charge in [-0.05, 0) is 44.9 Å². The van der Waals surface area contributed by atoms with Crippen LogP contribution in [0.15, 0.2) is 0 Å². The molecule has 0 radical (unpaired) electrons. The van der Waals surface area contributed by atoms with Gasteiger partial charge in [0.15, 0.2) is 18.7 Å². The Hall–Kier alpha value is -2.86. The van der Waals surface area contributed by atoms with Crippen molar-refractivity contribution in [2.45, 2.75) is 467 Å². The number of ether oxygens (including phenoxy) is 6. The summed E-state index contributed by atoms with van der Waals surface area (Å²) in [6.45, 7) is 9.17. The van der Waals surface area contributed by atoms with Gasteiger partial charge in [0.05, 0.1) is 38.6 Å². The van der Waals surface area contributed by atoms with E-state index in [1.807, 2.05) is 0 Å². The maximum absolute atomic E-state index is 14.8. The SMILES string of the molecule is CCCCCCCCCCCCCC(=O)O[C@H](CCCCCCCCCCC)CC(=O)OC1C(NC(=O)C[C@@H](CCCCCCCCCCC)OC(=O)CCCCCCCCCCC)C(OCC2OC(O)C(NC(=O)C[C@H](O)CCCCCCCCCCC)C(O)C2O)OC(CO)C1OP(=O)(O)O. The van der Waals surface area contributed by atoms with E-state index in [0.717, 1.165) is 154 Å². The molecule has 0 spiro atoms. The number of esters is 3. The lowest BCUT2D eigenvalue weighted by molar-refractivity contribution is -0.297. The van der Waals surface area contributed by atoms with E-state index >= 15 is 0 Å². The third kappa shape index (κ3) is 49.0. The first-order valence-electron chi connectivity index (χ1n) is 42.0. The number of nitrogens with one attached hydrogen (secondary N) is 2. The Morgan fingerprint density at radius 3 is 1.15 bits per heavy atom. The van der Waals surface area contributed by atoms with Gasteiger partial charge in [-0.3, -0.25) is 28.5 Å². The van der Waals surface area contributed by atoms with E-state index in [-0.39, 0.29) is 19.3 Å². The lowest BCUT2D eigenvalue weighted by Gasteiger charge is -2.46. The van der Waals surface area contributed by atoms with Crippen molar-refractivity contribution >= 4 is 37.5 Å². The van der Waals surface area contributed by atoms with Gasteiger partial charge in [0, 0.05) is 12.8 Å². The minimum atomic E-state index is -5.55. The molecule has 0 aromatic heterocycles. The molecule has 2 aliphatic heterocycles. The van der Waals surface area contributed by atoms with Crippen molar-refractivity contribution in [2.75, 3.05) is 13.2 Å². The topological polar surface area (TPSA) is 333 Å². The van der Waals surface area contributed by atoms with E-state index in [9.17, 15) is 63.9 Å². The van der Waals surface area contributed by atoms with Crippen LogP contribution in [-0.2, 0) is 61.5 Å². The molecule has 0 bridgehead atoms. The maximum Gasteiger partial charge on any atom is 0.470 e. The summed E-state index contributed by atoms with van der Waals surface area (Å²) in [6, 6.07) is -3.31. The lowest BCUT2D eigenvalue weighted by Crippen LogP contribution is -2.67. The highest BCUT2D eigenvalue weighted by Crippen LogP contribution is 2.43. The summed E-state index contributed by atoms with van der Waals surface area (Å²) >= 11 is 0. The summed E-state index contributed by atoms with van der Waals surface area (Å²) in [5.74, 6) is -3.46. The number of phosphoric acid groups is 1. The number of phosphoric ester groups is 1. The zero-order chi connectivity index (χ0) is 75.6. The summed E-state index contributed by atoms with van der Waals surface area (Å²) in [5, 5.41) is 61.2. The highest BCUT2D eigenvalue weighted by Gasteiger charge is 2.53. The van der Waals surface area contributed by atoms with Gasteiger partial charge < -0.3 is 74.4 Å². The summed E-state index contributed by atoms with van der Waals surface area (Å²) in [7, 11) is -5.55. The molecule has 103 heavy (non-hydrogen) atoms. The van der Waals surface area contributed by atoms with Crippen LogP contribution in [0.5, 0.6) is 0 Å². The molecule has 9 N–H and O–H groups in total. The van der Waals surface area contributed by atoms with E-state index < -0.39 is 143 Å². The van der Waals surface area contributed by atoms with Gasteiger partial charge in [0.2, 0.25) is 11.8 Å². The third-order valence-electron chi connectivity index (χ3n) is 20.3. The normalized spacial score (nSPS) is 21.6. The number of carbonyl (C=O) groups excluding carboxylic acids is 5. The molecule has 13 atom stereocenters. The van der Waals surface area contributed by atoms with Crippen molar-refractivity contribution < 1.29 is 96.8 Å². The number of hydrogen-bond acceptors (Lipinski definition) is 18. The second-order valence-electron chi connectivity index (χ2n) is 30.0. The van der Waals surface area contributed by atoms with Crippen molar-refractivity contribution in [3.05, 3.63) is 0 Å². The van der Waals surface area contributed by atoms with E-state index in [4.69, 9.17) is 32.9 Å². The van der Waals surface area contributed by atoms with Crippen LogP contribution in [0.2, 0.25) is 0 Å². The first kappa shape index (κ1) is 96.2. The van der Waals surface area contributed by atoms with Crippen molar-refractivity contribution in [1.29, 1.82) is 0 Å². The Kier molecular flexibility index (Phi) is 58.8. The fraction of sp³-hybridized carbons (Fsp3) is 0.938. The number of hydrogen-bond donors (Lipinski definition) is 9. The molecule has 2 fully saturated rings. The number of carbonyl (C=O) groups is 5. The fourth-order valence-electron chi connectivity index (χ4n) is 14.1. The first-order valence-corrected chi connectivity index (χ1v) is 43.5. The average Bonchev–Trinajstić information content (AvgIpc) is 0.783. The summed E-state index contributed by atoms with van der Waals surface area (Å²) in [6.07, 6.45) is 31.8. The van der Waals surface area contributed by atoms with Gasteiger partial charge in [-0.25, -0.2) is 4.57 Å². The second-order valence-corrected chi connectivity index (χ2v) is 31.2. The Morgan fingerprint density at radius 2 is 0.757 bits per heavy atom. The predicted octanol–water partition coefficient (Wildman–Crippen LogP) is 16.3. The molecule has 0 saturated carbocycles. The molecule has 23 heteroatoms. The van der Waals surface area contributed by atoms with Gasteiger partial charge in [-0.1, -0.05) is 311 Å². The minimum absolute atomic E-state index is 0.130. The van der Waals surface area contributed by atoms with Crippen LogP contribution in [0.1, 0.15) is 388 Å². The molecule has 2 saturated heterocycles. The summed E-state index contributed by atoms with van der Waals surface area (Å²) in [5.41, 5.74) is 0. The van der Waals surface area contributed by atoms with Crippen molar-refractivity contribution in [1.82, 2.24) is 10.6 Å². The molecule has 0 aromatic rings. The Balaban J connectivity index is 2.53. The molecular weight excluding hydrogens is 1340 g/mol. The molecule has 22 nitrogen and oxygen atoms in total. The van der Waals surface area contributed by atoms with Crippen LogP contribution in [0.3, 0.4) is 0 Å². The van der Waals surface area contributed by atoms with Crippen LogP contribution >= 0.6 is 7.82 Å². The highest BCUT2D eigenvalue weighted by molar-refractivity contribution is 7.46. The molecule has 2 heterocycles. The van der Waals surface area contributed by atoms with E-state index in [1.54, 1.807) is 0 Å². The summed E-state index contributed by atoms with van der Waals surface area (Å²) in [4.78, 5) is 90.9. The van der Waals surface area contributed by atoms with Gasteiger partial charge in [0.1, 0.15) is 54.8 Å². The quantitative estimate of drug-likeness (QED) is 0.0118. The lowest BCUT2D eigenvalue weighted by atomic mass is 9.95. The zero-order valence-electron chi connectivity index (χ0n) is 65.2. The predicted molar refractivity (Wildman–Crippen MR) is 403 cm³/mol. The number of aliphatic hydroxyl groups excluding tert-OH is 5. The average molecular weight is 1490 g/mol.